The minimum atomic E-state index is -0.486. The molecule has 0 radical (unpaired) electrons. The van der Waals surface area contributed by atoms with Crippen LogP contribution in [0.3, 0.4) is 0 Å². The summed E-state index contributed by atoms with van der Waals surface area (Å²) < 4.78 is 0. The van der Waals surface area contributed by atoms with Gasteiger partial charge in [0.2, 0.25) is 0 Å². The molecule has 0 saturated carbocycles. The molecule has 0 aliphatic rings. The summed E-state index contributed by atoms with van der Waals surface area (Å²) in [5.74, 6) is 0. The Morgan fingerprint density at radius 1 is 1.58 bits per heavy atom. The lowest BCUT2D eigenvalue weighted by Gasteiger charge is -2.06. The van der Waals surface area contributed by atoms with Crippen molar-refractivity contribution in [2.45, 2.75) is 26.4 Å². The van der Waals surface area contributed by atoms with Crippen LogP contribution in [-0.4, -0.2) is 16.6 Å². The molecule has 1 rings (SSSR count). The Bertz CT molecular complexity index is 260. The molecule has 12 heavy (non-hydrogen) atoms. The molecular formula is C8H14N2OS. The van der Waals surface area contributed by atoms with Gasteiger partial charge in [0.05, 0.1) is 16.8 Å². The molecule has 0 aromatic carbocycles. The minimum absolute atomic E-state index is 0.486. The van der Waals surface area contributed by atoms with E-state index < -0.39 is 6.10 Å². The fraction of sp³-hybridized carbons (Fsp3) is 0.625. The van der Waals surface area contributed by atoms with Crippen LogP contribution in [0.1, 0.15) is 28.1 Å². The monoisotopic (exact) mass is 186 g/mol. The third-order valence-electron chi connectivity index (χ3n) is 1.70. The molecule has 4 heteroatoms. The largest absolute Gasteiger partial charge is 0.387 e. The smallest absolute Gasteiger partial charge is 0.0983 e. The molecule has 3 N–H and O–H groups in total. The Labute approximate surface area is 76.3 Å². The van der Waals surface area contributed by atoms with Crippen molar-refractivity contribution in [3.8, 4) is 0 Å². The Morgan fingerprint density at radius 2 is 2.25 bits per heavy atom. The molecule has 0 aliphatic heterocycles. The van der Waals surface area contributed by atoms with Crippen LogP contribution in [0.25, 0.3) is 0 Å². The van der Waals surface area contributed by atoms with Gasteiger partial charge >= 0.3 is 0 Å². The molecule has 0 spiro atoms. The van der Waals surface area contributed by atoms with Crippen LogP contribution in [0, 0.1) is 13.8 Å². The van der Waals surface area contributed by atoms with Crippen molar-refractivity contribution >= 4 is 11.3 Å². The van der Waals surface area contributed by atoms with E-state index in [2.05, 4.69) is 4.98 Å². The van der Waals surface area contributed by atoms with Crippen molar-refractivity contribution in [2.24, 2.45) is 5.73 Å². The molecule has 0 amide bonds. The van der Waals surface area contributed by atoms with Gasteiger partial charge in [0.25, 0.3) is 0 Å². The van der Waals surface area contributed by atoms with Gasteiger partial charge in [-0.15, -0.1) is 11.3 Å². The molecule has 0 aliphatic carbocycles. The maximum absolute atomic E-state index is 9.58. The van der Waals surface area contributed by atoms with Gasteiger partial charge in [0.1, 0.15) is 0 Å². The van der Waals surface area contributed by atoms with Gasteiger partial charge in [0.15, 0.2) is 0 Å². The lowest BCUT2D eigenvalue weighted by atomic mass is 10.2. The first-order valence-corrected chi connectivity index (χ1v) is 4.79. The number of hydrogen-bond acceptors (Lipinski definition) is 4. The normalized spacial score (nSPS) is 13.3. The lowest BCUT2D eigenvalue weighted by Crippen LogP contribution is -2.07. The number of aliphatic hydroxyl groups is 1. The molecule has 3 nitrogen and oxygen atoms in total. The lowest BCUT2D eigenvalue weighted by molar-refractivity contribution is 0.165. The summed E-state index contributed by atoms with van der Waals surface area (Å²) in [5.41, 5.74) is 6.13. The molecule has 1 atom stereocenters. The second-order valence-corrected chi connectivity index (χ2v) is 4.17. The van der Waals surface area contributed by atoms with Crippen LogP contribution in [0.15, 0.2) is 0 Å². The van der Waals surface area contributed by atoms with Crippen molar-refractivity contribution in [3.05, 3.63) is 15.6 Å². The average Bonchev–Trinajstić information content (AvgIpc) is 2.30. The first-order chi connectivity index (χ1) is 5.65. The van der Waals surface area contributed by atoms with Gasteiger partial charge in [-0.05, 0) is 26.8 Å². The number of rotatable bonds is 3. The molecule has 1 heterocycles. The van der Waals surface area contributed by atoms with Gasteiger partial charge in [-0.3, -0.25) is 0 Å². The summed E-state index contributed by atoms with van der Waals surface area (Å²) in [5, 5.41) is 10.6. The number of aliphatic hydroxyl groups excluding tert-OH is 1. The van der Waals surface area contributed by atoms with Crippen LogP contribution in [0.5, 0.6) is 0 Å². The fourth-order valence-electron chi connectivity index (χ4n) is 1.15. The molecule has 1 aromatic rings. The Kier molecular flexibility index (Phi) is 3.20. The zero-order chi connectivity index (χ0) is 9.14. The second-order valence-electron chi connectivity index (χ2n) is 2.77. The van der Waals surface area contributed by atoms with E-state index in [4.69, 9.17) is 5.73 Å². The van der Waals surface area contributed by atoms with Gasteiger partial charge < -0.3 is 10.8 Å². The highest BCUT2D eigenvalue weighted by molar-refractivity contribution is 7.11. The van der Waals surface area contributed by atoms with Gasteiger partial charge in [0, 0.05) is 4.88 Å². The van der Waals surface area contributed by atoms with E-state index in [1.807, 2.05) is 13.8 Å². The van der Waals surface area contributed by atoms with E-state index in [0.29, 0.717) is 13.0 Å². The van der Waals surface area contributed by atoms with Crippen LogP contribution in [0.2, 0.25) is 0 Å². The Hall–Kier alpha value is -0.450. The first kappa shape index (κ1) is 9.64. The SMILES string of the molecule is Cc1nc(C(O)CCN)c(C)s1. The number of aromatic nitrogens is 1. The van der Waals surface area contributed by atoms with Gasteiger partial charge in [-0.25, -0.2) is 4.98 Å². The van der Waals surface area contributed by atoms with Crippen molar-refractivity contribution in [1.82, 2.24) is 4.98 Å². The van der Waals surface area contributed by atoms with E-state index in [1.54, 1.807) is 11.3 Å². The molecule has 0 fully saturated rings. The molecule has 1 unspecified atom stereocenters. The fourth-order valence-corrected chi connectivity index (χ4v) is 2.02. The van der Waals surface area contributed by atoms with Crippen LogP contribution in [0.4, 0.5) is 0 Å². The molecule has 1 aromatic heterocycles. The van der Waals surface area contributed by atoms with Crippen LogP contribution in [-0.2, 0) is 0 Å². The van der Waals surface area contributed by atoms with E-state index in [9.17, 15) is 5.11 Å². The summed E-state index contributed by atoms with van der Waals surface area (Å²) in [6.07, 6.45) is 0.101. The zero-order valence-electron chi connectivity index (χ0n) is 7.37. The number of thiazole rings is 1. The third kappa shape index (κ3) is 2.03. The zero-order valence-corrected chi connectivity index (χ0v) is 8.19. The standard InChI is InChI=1S/C8H14N2OS/c1-5-8(7(11)3-4-9)10-6(2)12-5/h7,11H,3-4,9H2,1-2H3. The highest BCUT2D eigenvalue weighted by Crippen LogP contribution is 2.23. The van der Waals surface area contributed by atoms with Crippen molar-refractivity contribution in [1.29, 1.82) is 0 Å². The number of nitrogens with two attached hydrogens (primary N) is 1. The van der Waals surface area contributed by atoms with Crippen LogP contribution < -0.4 is 5.73 Å². The van der Waals surface area contributed by atoms with Gasteiger partial charge in [-0.2, -0.15) is 0 Å². The third-order valence-corrected chi connectivity index (χ3v) is 2.60. The van der Waals surface area contributed by atoms with Gasteiger partial charge in [-0.1, -0.05) is 0 Å². The molecule has 68 valence electrons. The highest BCUT2D eigenvalue weighted by atomic mass is 32.1. The number of nitrogens with zero attached hydrogens (tertiary/aromatic N) is 1. The minimum Gasteiger partial charge on any atom is -0.387 e. The van der Waals surface area contributed by atoms with Crippen LogP contribution >= 0.6 is 11.3 Å². The predicted octanol–water partition coefficient (Wildman–Crippen LogP) is 1.14. The summed E-state index contributed by atoms with van der Waals surface area (Å²) in [6, 6.07) is 0. The summed E-state index contributed by atoms with van der Waals surface area (Å²) in [6.45, 7) is 4.41. The topological polar surface area (TPSA) is 59.1 Å². The first-order valence-electron chi connectivity index (χ1n) is 3.97. The molecular weight excluding hydrogens is 172 g/mol. The summed E-state index contributed by atoms with van der Waals surface area (Å²) in [7, 11) is 0. The Balaban J connectivity index is 2.79. The maximum atomic E-state index is 9.58. The quantitative estimate of drug-likeness (QED) is 0.744. The second kappa shape index (κ2) is 3.98. The highest BCUT2D eigenvalue weighted by Gasteiger charge is 2.13. The average molecular weight is 186 g/mol. The number of aryl methyl sites for hydroxylation is 2. The van der Waals surface area contributed by atoms with E-state index in [0.717, 1.165) is 15.6 Å². The number of hydrogen-bond donors (Lipinski definition) is 2. The maximum Gasteiger partial charge on any atom is 0.0983 e. The molecule has 0 saturated heterocycles. The van der Waals surface area contributed by atoms with E-state index >= 15 is 0 Å². The Morgan fingerprint density at radius 3 is 2.67 bits per heavy atom. The van der Waals surface area contributed by atoms with Crippen molar-refractivity contribution in [2.75, 3.05) is 6.54 Å². The van der Waals surface area contributed by atoms with Crippen molar-refractivity contribution in [3.63, 3.8) is 0 Å². The van der Waals surface area contributed by atoms with E-state index in [-0.39, 0.29) is 0 Å². The molecule has 0 bridgehead atoms. The summed E-state index contributed by atoms with van der Waals surface area (Å²) >= 11 is 1.61. The summed E-state index contributed by atoms with van der Waals surface area (Å²) in [4.78, 5) is 5.33. The van der Waals surface area contributed by atoms with E-state index in [1.165, 1.54) is 0 Å². The predicted molar refractivity (Wildman–Crippen MR) is 50.2 cm³/mol. The van der Waals surface area contributed by atoms with Crippen molar-refractivity contribution < 1.29 is 5.11 Å².